The fourth-order valence-electron chi connectivity index (χ4n) is 2.52. The Morgan fingerprint density at radius 3 is 2.40 bits per heavy atom. The van der Waals surface area contributed by atoms with Crippen molar-refractivity contribution in [3.05, 3.63) is 59.4 Å². The fourth-order valence-corrected chi connectivity index (χ4v) is 2.52. The van der Waals surface area contributed by atoms with Crippen molar-refractivity contribution in [3.8, 4) is 0 Å². The molecule has 5 nitrogen and oxygen atoms in total. The number of pyridine rings is 1. The number of anilines is 1. The number of carbonyl (C=O) groups is 2. The molecule has 0 aliphatic heterocycles. The summed E-state index contributed by atoms with van der Waals surface area (Å²) in [5.41, 5.74) is 2.96. The lowest BCUT2D eigenvalue weighted by Gasteiger charge is -2.14. The zero-order valence-electron chi connectivity index (χ0n) is 14.8. The average molecular weight is 335 g/mol. The van der Waals surface area contributed by atoms with Crippen molar-refractivity contribution in [2.24, 2.45) is 5.41 Å². The number of aromatic nitrogens is 2. The number of amides is 1. The van der Waals surface area contributed by atoms with Crippen LogP contribution in [0, 0.1) is 12.3 Å². The largest absolute Gasteiger partial charge is 0.337 e. The molecule has 2 aromatic heterocycles. The number of Topliss-reactive ketones (excluding diaryl/α,β-unsaturated/α-hetero) is 1. The zero-order valence-corrected chi connectivity index (χ0v) is 14.8. The van der Waals surface area contributed by atoms with Crippen molar-refractivity contribution in [1.82, 2.24) is 9.97 Å². The summed E-state index contributed by atoms with van der Waals surface area (Å²) in [6.45, 7) is 7.60. The summed E-state index contributed by atoms with van der Waals surface area (Å²) in [6, 6.07) is 10.9. The van der Waals surface area contributed by atoms with Crippen LogP contribution < -0.4 is 5.32 Å². The molecule has 0 spiro atoms. The fraction of sp³-hybridized carbons (Fsp3) is 0.250. The minimum atomic E-state index is -0.469. The summed E-state index contributed by atoms with van der Waals surface area (Å²) < 4.78 is 0. The molecule has 3 aromatic rings. The van der Waals surface area contributed by atoms with Gasteiger partial charge < -0.3 is 10.3 Å². The first-order chi connectivity index (χ1) is 11.7. The number of fused-ring (bicyclic) bond motifs is 1. The maximum Gasteiger partial charge on any atom is 0.255 e. The van der Waals surface area contributed by atoms with E-state index in [1.807, 2.05) is 45.9 Å². The van der Waals surface area contributed by atoms with Crippen LogP contribution in [0.25, 0.3) is 11.0 Å². The highest BCUT2D eigenvalue weighted by Crippen LogP contribution is 2.24. The third-order valence-electron chi connectivity index (χ3n) is 3.97. The molecule has 1 amide bonds. The third-order valence-corrected chi connectivity index (χ3v) is 3.97. The summed E-state index contributed by atoms with van der Waals surface area (Å²) in [7, 11) is 0. The summed E-state index contributed by atoms with van der Waals surface area (Å²) in [4.78, 5) is 32.0. The van der Waals surface area contributed by atoms with Gasteiger partial charge in [-0.05, 0) is 31.2 Å². The highest BCUT2D eigenvalue weighted by molar-refractivity contribution is 6.05. The van der Waals surface area contributed by atoms with Crippen molar-refractivity contribution in [1.29, 1.82) is 0 Å². The molecule has 0 saturated heterocycles. The molecule has 2 N–H and O–H groups in total. The van der Waals surface area contributed by atoms with Gasteiger partial charge in [0.15, 0.2) is 5.78 Å². The van der Waals surface area contributed by atoms with Gasteiger partial charge in [0.05, 0.1) is 17.6 Å². The van der Waals surface area contributed by atoms with Gasteiger partial charge in [0, 0.05) is 16.4 Å². The second-order valence-corrected chi connectivity index (χ2v) is 7.24. The molecular weight excluding hydrogens is 314 g/mol. The summed E-state index contributed by atoms with van der Waals surface area (Å²) in [5, 5.41) is 3.62. The van der Waals surface area contributed by atoms with E-state index >= 15 is 0 Å². The van der Waals surface area contributed by atoms with Crippen LogP contribution in [0.4, 0.5) is 5.69 Å². The first-order valence-electron chi connectivity index (χ1n) is 8.15. The predicted molar refractivity (Wildman–Crippen MR) is 99.0 cm³/mol. The Labute approximate surface area is 146 Å². The maximum atomic E-state index is 12.4. The lowest BCUT2D eigenvalue weighted by molar-refractivity contribution is 0.0853. The van der Waals surface area contributed by atoms with Crippen LogP contribution in [0.5, 0.6) is 0 Å². The predicted octanol–water partition coefficient (Wildman–Crippen LogP) is 4.35. The van der Waals surface area contributed by atoms with E-state index in [-0.39, 0.29) is 11.7 Å². The monoisotopic (exact) mass is 335 g/mol. The highest BCUT2D eigenvalue weighted by atomic mass is 16.1. The SMILES string of the molecule is Cc1ccc(C(=O)Nc2cnc3[nH]c(C(=O)C(C)(C)C)cc3c2)cc1. The number of nitrogens with one attached hydrogen (secondary N) is 2. The van der Waals surface area contributed by atoms with Gasteiger partial charge in [-0.2, -0.15) is 0 Å². The molecule has 0 saturated carbocycles. The van der Waals surface area contributed by atoms with Gasteiger partial charge in [0.1, 0.15) is 5.65 Å². The summed E-state index contributed by atoms with van der Waals surface area (Å²) >= 11 is 0. The number of ketones is 1. The van der Waals surface area contributed by atoms with Gasteiger partial charge in [-0.15, -0.1) is 0 Å². The van der Waals surface area contributed by atoms with Gasteiger partial charge >= 0.3 is 0 Å². The van der Waals surface area contributed by atoms with Crippen molar-refractivity contribution < 1.29 is 9.59 Å². The van der Waals surface area contributed by atoms with E-state index in [0.717, 1.165) is 10.9 Å². The Kier molecular flexibility index (Phi) is 4.17. The molecule has 0 atom stereocenters. The van der Waals surface area contributed by atoms with Crippen LogP contribution in [0.3, 0.4) is 0 Å². The van der Waals surface area contributed by atoms with E-state index in [0.29, 0.717) is 22.6 Å². The van der Waals surface area contributed by atoms with Crippen LogP contribution in [0.15, 0.2) is 42.6 Å². The molecule has 25 heavy (non-hydrogen) atoms. The standard InChI is InChI=1S/C20H21N3O2/c1-12-5-7-13(8-6-12)19(25)22-15-9-14-10-16(17(24)20(2,3)4)23-18(14)21-11-15/h5-11H,1-4H3,(H,21,23)(H,22,25). The Balaban J connectivity index is 1.85. The summed E-state index contributed by atoms with van der Waals surface area (Å²) in [5.74, 6) is -0.168. The molecule has 1 aromatic carbocycles. The topological polar surface area (TPSA) is 74.8 Å². The van der Waals surface area contributed by atoms with Gasteiger partial charge in [0.25, 0.3) is 5.91 Å². The molecule has 5 heteroatoms. The van der Waals surface area contributed by atoms with Gasteiger partial charge in [-0.25, -0.2) is 4.98 Å². The van der Waals surface area contributed by atoms with Crippen LogP contribution in [-0.4, -0.2) is 21.7 Å². The molecule has 0 aliphatic carbocycles. The smallest absolute Gasteiger partial charge is 0.255 e. The number of aryl methyl sites for hydroxylation is 1. The number of nitrogens with zero attached hydrogens (tertiary/aromatic N) is 1. The first kappa shape index (κ1) is 16.9. The van der Waals surface area contributed by atoms with Gasteiger partial charge in [-0.1, -0.05) is 38.5 Å². The molecule has 3 rings (SSSR count). The number of carbonyl (C=O) groups excluding carboxylic acids is 2. The first-order valence-corrected chi connectivity index (χ1v) is 8.15. The number of hydrogen-bond acceptors (Lipinski definition) is 3. The molecule has 128 valence electrons. The van der Waals surface area contributed by atoms with Crippen LogP contribution in [0.2, 0.25) is 0 Å². The lowest BCUT2D eigenvalue weighted by Crippen LogP contribution is -2.20. The number of H-pyrrole nitrogens is 1. The molecule has 0 bridgehead atoms. The Morgan fingerprint density at radius 2 is 1.76 bits per heavy atom. The quantitative estimate of drug-likeness (QED) is 0.699. The number of rotatable bonds is 3. The Hall–Kier alpha value is -2.95. The van der Waals surface area contributed by atoms with Crippen molar-refractivity contribution in [2.45, 2.75) is 27.7 Å². The minimum absolute atomic E-state index is 0.0238. The van der Waals surface area contributed by atoms with Crippen molar-refractivity contribution in [3.63, 3.8) is 0 Å². The lowest BCUT2D eigenvalue weighted by atomic mass is 9.89. The molecular formula is C20H21N3O2. The summed E-state index contributed by atoms with van der Waals surface area (Å²) in [6.07, 6.45) is 1.58. The van der Waals surface area contributed by atoms with E-state index in [1.54, 1.807) is 24.4 Å². The van der Waals surface area contributed by atoms with E-state index in [2.05, 4.69) is 15.3 Å². The van der Waals surface area contributed by atoms with E-state index in [4.69, 9.17) is 0 Å². The van der Waals surface area contributed by atoms with Crippen LogP contribution in [0.1, 0.15) is 47.2 Å². The number of benzene rings is 1. The number of hydrogen-bond donors (Lipinski definition) is 2. The van der Waals surface area contributed by atoms with E-state index in [1.165, 1.54) is 0 Å². The maximum absolute atomic E-state index is 12.4. The van der Waals surface area contributed by atoms with Crippen molar-refractivity contribution in [2.75, 3.05) is 5.32 Å². The third kappa shape index (κ3) is 3.60. The van der Waals surface area contributed by atoms with E-state index < -0.39 is 5.41 Å². The second kappa shape index (κ2) is 6.16. The molecule has 0 aliphatic rings. The normalized spacial score (nSPS) is 11.5. The number of aromatic amines is 1. The second-order valence-electron chi connectivity index (χ2n) is 7.24. The molecule has 2 heterocycles. The van der Waals surface area contributed by atoms with Crippen molar-refractivity contribution >= 4 is 28.4 Å². The Morgan fingerprint density at radius 1 is 1.08 bits per heavy atom. The minimum Gasteiger partial charge on any atom is -0.337 e. The van der Waals surface area contributed by atoms with Gasteiger partial charge in [-0.3, -0.25) is 9.59 Å². The molecule has 0 radical (unpaired) electrons. The van der Waals surface area contributed by atoms with E-state index in [9.17, 15) is 9.59 Å². The average Bonchev–Trinajstić information content (AvgIpc) is 2.96. The highest BCUT2D eigenvalue weighted by Gasteiger charge is 2.24. The van der Waals surface area contributed by atoms with Gasteiger partial charge in [0.2, 0.25) is 0 Å². The zero-order chi connectivity index (χ0) is 18.2. The van der Waals surface area contributed by atoms with Crippen LogP contribution in [-0.2, 0) is 0 Å². The molecule has 0 fully saturated rings. The molecule has 0 unspecified atom stereocenters. The Bertz CT molecular complexity index is 947. The van der Waals surface area contributed by atoms with Crippen LogP contribution >= 0.6 is 0 Å².